The third-order valence-corrected chi connectivity index (χ3v) is 3.08. The van der Waals surface area contributed by atoms with Gasteiger partial charge in [-0.2, -0.15) is 5.26 Å². The van der Waals surface area contributed by atoms with E-state index in [1.807, 2.05) is 13.8 Å². The number of ether oxygens (including phenoxy) is 1. The van der Waals surface area contributed by atoms with Crippen LogP contribution < -0.4 is 5.32 Å². The van der Waals surface area contributed by atoms with E-state index in [0.29, 0.717) is 16.3 Å². The molecule has 0 unspecified atom stereocenters. The molecule has 0 aliphatic heterocycles. The van der Waals surface area contributed by atoms with Crippen LogP contribution in [-0.2, 0) is 11.2 Å². The summed E-state index contributed by atoms with van der Waals surface area (Å²) in [6, 6.07) is 3.45. The molecule has 0 saturated carbocycles. The Morgan fingerprint density at radius 3 is 2.64 bits per heavy atom. The highest BCUT2D eigenvalue weighted by Crippen LogP contribution is 2.26. The Morgan fingerprint density at radius 2 is 2.14 bits per heavy atom. The van der Waals surface area contributed by atoms with E-state index in [9.17, 15) is 4.79 Å². The number of nitrogens with one attached hydrogen (secondary N) is 1. The van der Waals surface area contributed by atoms with Gasteiger partial charge in [0.25, 0.3) is 0 Å². The zero-order valence-electron chi connectivity index (χ0n) is 13.6. The molecule has 0 radical (unpaired) electrons. The molecule has 1 aromatic rings. The van der Waals surface area contributed by atoms with Gasteiger partial charge < -0.3 is 10.1 Å². The average Bonchev–Trinajstić information content (AvgIpc) is 2.35. The number of carbonyl (C=O) groups is 1. The van der Waals surface area contributed by atoms with Crippen molar-refractivity contribution in [1.29, 1.82) is 5.26 Å². The molecule has 0 bridgehead atoms. The summed E-state index contributed by atoms with van der Waals surface area (Å²) in [5.74, 6) is 0.0821. The molecule has 0 saturated heterocycles. The van der Waals surface area contributed by atoms with E-state index in [2.05, 4.69) is 16.4 Å². The number of hydrogen-bond acceptors (Lipinski definition) is 4. The lowest BCUT2D eigenvalue weighted by Gasteiger charge is -2.26. The second kappa shape index (κ2) is 7.46. The second-order valence-corrected chi connectivity index (χ2v) is 6.84. The topological polar surface area (TPSA) is 75.0 Å². The Balaban J connectivity index is 3.06. The van der Waals surface area contributed by atoms with E-state index in [1.54, 1.807) is 26.8 Å². The molecule has 120 valence electrons. The van der Waals surface area contributed by atoms with Gasteiger partial charge in [0, 0.05) is 6.20 Å². The van der Waals surface area contributed by atoms with Crippen molar-refractivity contribution in [2.24, 2.45) is 5.92 Å². The molecule has 1 atom stereocenters. The molecule has 1 heterocycles. The number of rotatable bonds is 4. The fraction of sp³-hybridized carbons (Fsp3) is 0.562. The molecule has 0 fully saturated rings. The molecule has 0 aromatic carbocycles. The summed E-state index contributed by atoms with van der Waals surface area (Å²) in [4.78, 5) is 16.3. The SMILES string of the molecule is CC(C)[C@@H](NC(=O)OC(C)(C)C)c1ncc(Cl)cc1CC#N. The summed E-state index contributed by atoms with van der Waals surface area (Å²) in [6.45, 7) is 9.35. The van der Waals surface area contributed by atoms with Gasteiger partial charge in [0.15, 0.2) is 0 Å². The summed E-state index contributed by atoms with van der Waals surface area (Å²) in [5.41, 5.74) is 0.783. The fourth-order valence-electron chi connectivity index (χ4n) is 1.98. The van der Waals surface area contributed by atoms with E-state index in [0.717, 1.165) is 0 Å². The van der Waals surface area contributed by atoms with Gasteiger partial charge in [-0.3, -0.25) is 4.98 Å². The van der Waals surface area contributed by atoms with E-state index in [-0.39, 0.29) is 18.4 Å². The molecule has 0 aliphatic carbocycles. The van der Waals surface area contributed by atoms with Crippen LogP contribution in [0.1, 0.15) is 51.9 Å². The van der Waals surface area contributed by atoms with E-state index >= 15 is 0 Å². The van der Waals surface area contributed by atoms with E-state index in [4.69, 9.17) is 21.6 Å². The number of pyridine rings is 1. The normalized spacial score (nSPS) is 12.6. The van der Waals surface area contributed by atoms with Gasteiger partial charge in [0.05, 0.1) is 29.2 Å². The maximum atomic E-state index is 12.0. The average molecular weight is 324 g/mol. The third kappa shape index (κ3) is 5.53. The van der Waals surface area contributed by atoms with Crippen LogP contribution in [0.5, 0.6) is 0 Å². The van der Waals surface area contributed by atoms with E-state index < -0.39 is 11.7 Å². The van der Waals surface area contributed by atoms with Crippen molar-refractivity contribution < 1.29 is 9.53 Å². The number of alkyl carbamates (subject to hydrolysis) is 1. The number of carbonyl (C=O) groups excluding carboxylic acids is 1. The molecule has 0 spiro atoms. The molecule has 1 N–H and O–H groups in total. The van der Waals surface area contributed by atoms with Crippen LogP contribution in [-0.4, -0.2) is 16.7 Å². The van der Waals surface area contributed by atoms with Crippen LogP contribution in [0, 0.1) is 17.2 Å². The van der Waals surface area contributed by atoms with Crippen LogP contribution in [0.25, 0.3) is 0 Å². The molecule has 1 rings (SSSR count). The van der Waals surface area contributed by atoms with Crippen LogP contribution in [0.15, 0.2) is 12.3 Å². The van der Waals surface area contributed by atoms with Crippen molar-refractivity contribution in [3.8, 4) is 6.07 Å². The third-order valence-electron chi connectivity index (χ3n) is 2.87. The summed E-state index contributed by atoms with van der Waals surface area (Å²) < 4.78 is 5.29. The van der Waals surface area contributed by atoms with Crippen molar-refractivity contribution in [3.63, 3.8) is 0 Å². The summed E-state index contributed by atoms with van der Waals surface area (Å²) >= 11 is 5.95. The first-order valence-electron chi connectivity index (χ1n) is 7.15. The predicted molar refractivity (Wildman–Crippen MR) is 85.5 cm³/mol. The molecule has 1 amide bonds. The largest absolute Gasteiger partial charge is 0.444 e. The molecule has 1 aromatic heterocycles. The Bertz CT molecular complexity index is 574. The minimum absolute atomic E-state index is 0.0821. The number of nitrogens with zero attached hydrogens (tertiary/aromatic N) is 2. The van der Waals surface area contributed by atoms with Crippen molar-refractivity contribution in [2.45, 2.75) is 52.7 Å². The predicted octanol–water partition coefficient (Wildman–Crippen LogP) is 4.02. The number of nitriles is 1. The molecule has 0 aliphatic rings. The monoisotopic (exact) mass is 323 g/mol. The van der Waals surface area contributed by atoms with Crippen LogP contribution in [0.2, 0.25) is 5.02 Å². The van der Waals surface area contributed by atoms with Gasteiger partial charge in [-0.05, 0) is 38.3 Å². The lowest BCUT2D eigenvalue weighted by Crippen LogP contribution is -2.37. The maximum Gasteiger partial charge on any atom is 0.408 e. The lowest BCUT2D eigenvalue weighted by molar-refractivity contribution is 0.0488. The first-order valence-corrected chi connectivity index (χ1v) is 7.52. The lowest BCUT2D eigenvalue weighted by atomic mass is 9.96. The summed E-state index contributed by atoms with van der Waals surface area (Å²) in [5, 5.41) is 12.3. The quantitative estimate of drug-likeness (QED) is 0.907. The molecule has 6 heteroatoms. The molecular formula is C16H22ClN3O2. The number of aromatic nitrogens is 1. The van der Waals surface area contributed by atoms with Gasteiger partial charge in [-0.1, -0.05) is 25.4 Å². The van der Waals surface area contributed by atoms with Gasteiger partial charge in [0.2, 0.25) is 0 Å². The highest BCUT2D eigenvalue weighted by molar-refractivity contribution is 6.30. The van der Waals surface area contributed by atoms with Gasteiger partial charge in [-0.15, -0.1) is 0 Å². The smallest absolute Gasteiger partial charge is 0.408 e. The van der Waals surface area contributed by atoms with Crippen LogP contribution >= 0.6 is 11.6 Å². The minimum Gasteiger partial charge on any atom is -0.444 e. The molecule has 22 heavy (non-hydrogen) atoms. The first-order chi connectivity index (χ1) is 10.1. The Hall–Kier alpha value is -1.80. The summed E-state index contributed by atoms with van der Waals surface area (Å²) in [6.07, 6.45) is 1.19. The number of halogens is 1. The zero-order valence-corrected chi connectivity index (χ0v) is 14.4. The van der Waals surface area contributed by atoms with E-state index in [1.165, 1.54) is 6.20 Å². The van der Waals surface area contributed by atoms with Crippen LogP contribution in [0.3, 0.4) is 0 Å². The Morgan fingerprint density at radius 1 is 1.50 bits per heavy atom. The number of amides is 1. The molecular weight excluding hydrogens is 302 g/mol. The fourth-order valence-corrected chi connectivity index (χ4v) is 2.16. The minimum atomic E-state index is -0.575. The highest BCUT2D eigenvalue weighted by Gasteiger charge is 2.25. The Labute approximate surface area is 136 Å². The van der Waals surface area contributed by atoms with Crippen molar-refractivity contribution >= 4 is 17.7 Å². The second-order valence-electron chi connectivity index (χ2n) is 6.40. The molecule has 5 nitrogen and oxygen atoms in total. The highest BCUT2D eigenvalue weighted by atomic mass is 35.5. The van der Waals surface area contributed by atoms with Gasteiger partial charge in [0.1, 0.15) is 5.60 Å². The van der Waals surface area contributed by atoms with Crippen molar-refractivity contribution in [1.82, 2.24) is 10.3 Å². The zero-order chi connectivity index (χ0) is 16.9. The number of hydrogen-bond donors (Lipinski definition) is 1. The van der Waals surface area contributed by atoms with Crippen molar-refractivity contribution in [3.05, 3.63) is 28.5 Å². The van der Waals surface area contributed by atoms with Gasteiger partial charge in [-0.25, -0.2) is 4.79 Å². The first kappa shape index (κ1) is 18.2. The van der Waals surface area contributed by atoms with Crippen LogP contribution in [0.4, 0.5) is 4.79 Å². The van der Waals surface area contributed by atoms with Gasteiger partial charge >= 0.3 is 6.09 Å². The van der Waals surface area contributed by atoms with Crippen molar-refractivity contribution in [2.75, 3.05) is 0 Å². The summed E-state index contributed by atoms with van der Waals surface area (Å²) in [7, 11) is 0. The maximum absolute atomic E-state index is 12.0. The Kier molecular flexibility index (Phi) is 6.19. The standard InChI is InChI=1S/C16H22ClN3O2/c1-10(2)13(20-15(21)22-16(3,4)5)14-11(6-7-18)8-12(17)9-19-14/h8-10,13H,6H2,1-5H3,(H,20,21)/t13-/m1/s1.